The fourth-order valence-corrected chi connectivity index (χ4v) is 2.56. The Kier molecular flexibility index (Phi) is 4.37. The van der Waals surface area contributed by atoms with E-state index < -0.39 is 0 Å². The molecule has 2 rings (SSSR count). The van der Waals surface area contributed by atoms with Crippen LogP contribution in [0.1, 0.15) is 35.7 Å². The van der Waals surface area contributed by atoms with E-state index in [1.807, 2.05) is 19.9 Å². The number of benzene rings is 1. The maximum atomic E-state index is 11.1. The molecule has 0 spiro atoms. The van der Waals surface area contributed by atoms with Crippen molar-refractivity contribution in [1.29, 1.82) is 0 Å². The van der Waals surface area contributed by atoms with Crippen molar-refractivity contribution in [2.45, 2.75) is 32.8 Å². The van der Waals surface area contributed by atoms with Gasteiger partial charge in [0.1, 0.15) is 0 Å². The van der Waals surface area contributed by atoms with Crippen LogP contribution in [0.15, 0.2) is 18.2 Å². The highest BCUT2D eigenvalue weighted by molar-refractivity contribution is 5.85. The third kappa shape index (κ3) is 2.91. The van der Waals surface area contributed by atoms with Gasteiger partial charge in [-0.05, 0) is 38.8 Å². The fraction of sp³-hybridized carbons (Fsp3) is 0.533. The van der Waals surface area contributed by atoms with Crippen molar-refractivity contribution in [3.63, 3.8) is 0 Å². The van der Waals surface area contributed by atoms with Gasteiger partial charge in [-0.25, -0.2) is 0 Å². The van der Waals surface area contributed by atoms with Crippen LogP contribution in [0.5, 0.6) is 0 Å². The van der Waals surface area contributed by atoms with Gasteiger partial charge in [0.2, 0.25) is 0 Å². The van der Waals surface area contributed by atoms with Crippen LogP contribution in [0.4, 0.5) is 5.69 Å². The topological polar surface area (TPSA) is 29.5 Å². The van der Waals surface area contributed by atoms with Crippen LogP contribution in [0, 0.1) is 6.92 Å². The summed E-state index contributed by atoms with van der Waals surface area (Å²) in [4.78, 5) is 13.4. The summed E-state index contributed by atoms with van der Waals surface area (Å²) in [5, 5.41) is 0. The minimum Gasteiger partial charge on any atom is -0.378 e. The molecule has 1 aliphatic heterocycles. The second-order valence-electron chi connectivity index (χ2n) is 4.82. The molecule has 0 aromatic heterocycles. The number of hydrogen-bond acceptors (Lipinski definition) is 3. The molecule has 0 saturated carbocycles. The Balaban J connectivity index is 2.07. The molecule has 1 heterocycles. The molecule has 0 amide bonds. The molecule has 0 bridgehead atoms. The summed E-state index contributed by atoms with van der Waals surface area (Å²) >= 11 is 0. The van der Waals surface area contributed by atoms with Crippen molar-refractivity contribution < 1.29 is 9.53 Å². The van der Waals surface area contributed by atoms with Gasteiger partial charge in [0, 0.05) is 30.9 Å². The van der Waals surface area contributed by atoms with E-state index in [-0.39, 0.29) is 0 Å². The second-order valence-corrected chi connectivity index (χ2v) is 4.82. The maximum Gasteiger partial charge on any atom is 0.152 e. The minimum absolute atomic E-state index is 0.386. The predicted molar refractivity (Wildman–Crippen MR) is 73.4 cm³/mol. The zero-order valence-corrected chi connectivity index (χ0v) is 11.2. The normalized spacial score (nSPS) is 16.9. The van der Waals surface area contributed by atoms with E-state index in [2.05, 4.69) is 17.0 Å². The van der Waals surface area contributed by atoms with Crippen molar-refractivity contribution >= 4 is 12.0 Å². The molecule has 1 aromatic rings. The number of piperidine rings is 1. The Morgan fingerprint density at radius 1 is 1.39 bits per heavy atom. The first kappa shape index (κ1) is 13.1. The molecule has 1 saturated heterocycles. The molecule has 0 atom stereocenters. The number of aryl methyl sites for hydroxylation is 1. The van der Waals surface area contributed by atoms with E-state index >= 15 is 0 Å². The second kappa shape index (κ2) is 6.01. The highest BCUT2D eigenvalue weighted by atomic mass is 16.5. The molecule has 1 aromatic carbocycles. The van der Waals surface area contributed by atoms with E-state index in [9.17, 15) is 4.79 Å². The highest BCUT2D eigenvalue weighted by Crippen LogP contribution is 2.25. The lowest BCUT2D eigenvalue weighted by atomic mass is 10.0. The van der Waals surface area contributed by atoms with E-state index in [1.54, 1.807) is 0 Å². The summed E-state index contributed by atoms with van der Waals surface area (Å²) in [6.07, 6.45) is 3.42. The Hall–Kier alpha value is -1.35. The van der Waals surface area contributed by atoms with Crippen LogP contribution in [0.25, 0.3) is 0 Å². The van der Waals surface area contributed by atoms with Crippen LogP contribution in [-0.4, -0.2) is 32.1 Å². The first-order valence-electron chi connectivity index (χ1n) is 6.67. The van der Waals surface area contributed by atoms with Crippen LogP contribution in [0.3, 0.4) is 0 Å². The molecule has 98 valence electrons. The Morgan fingerprint density at radius 2 is 2.11 bits per heavy atom. The number of nitrogens with zero attached hydrogens (tertiary/aromatic N) is 1. The molecule has 3 heteroatoms. The van der Waals surface area contributed by atoms with Crippen LogP contribution < -0.4 is 4.90 Å². The van der Waals surface area contributed by atoms with E-state index in [1.165, 1.54) is 0 Å². The summed E-state index contributed by atoms with van der Waals surface area (Å²) in [5.74, 6) is 0. The predicted octanol–water partition coefficient (Wildman–Crippen LogP) is 2.81. The summed E-state index contributed by atoms with van der Waals surface area (Å²) in [6, 6.07) is 6.08. The zero-order chi connectivity index (χ0) is 13.0. The van der Waals surface area contributed by atoms with Crippen LogP contribution >= 0.6 is 0 Å². The van der Waals surface area contributed by atoms with Crippen molar-refractivity contribution in [2.75, 3.05) is 24.6 Å². The number of carbonyl (C=O) groups is 1. The first-order valence-corrected chi connectivity index (χ1v) is 6.67. The summed E-state index contributed by atoms with van der Waals surface area (Å²) < 4.78 is 5.65. The van der Waals surface area contributed by atoms with Crippen molar-refractivity contribution in [3.8, 4) is 0 Å². The van der Waals surface area contributed by atoms with E-state index in [0.29, 0.717) is 6.10 Å². The smallest absolute Gasteiger partial charge is 0.152 e. The Bertz CT molecular complexity index is 409. The number of rotatable bonds is 4. The lowest BCUT2D eigenvalue weighted by molar-refractivity contribution is 0.0459. The summed E-state index contributed by atoms with van der Waals surface area (Å²) in [7, 11) is 0. The molecular weight excluding hydrogens is 226 g/mol. The largest absolute Gasteiger partial charge is 0.378 e. The number of carbonyl (C=O) groups excluding carboxylic acids is 1. The van der Waals surface area contributed by atoms with Crippen LogP contribution in [-0.2, 0) is 4.74 Å². The van der Waals surface area contributed by atoms with Gasteiger partial charge in [0.15, 0.2) is 6.29 Å². The quantitative estimate of drug-likeness (QED) is 0.766. The maximum absolute atomic E-state index is 11.1. The van der Waals surface area contributed by atoms with Gasteiger partial charge in [0.05, 0.1) is 6.10 Å². The molecule has 0 unspecified atom stereocenters. The number of anilines is 1. The third-order valence-corrected chi connectivity index (χ3v) is 3.50. The van der Waals surface area contributed by atoms with Gasteiger partial charge in [0.25, 0.3) is 0 Å². The number of aldehydes is 1. The molecule has 0 radical (unpaired) electrons. The zero-order valence-electron chi connectivity index (χ0n) is 11.2. The SMILES string of the molecule is CCOC1CCN(c2ccc(C)cc2C=O)CC1. The van der Waals surface area contributed by atoms with Crippen molar-refractivity contribution in [3.05, 3.63) is 29.3 Å². The molecule has 0 aliphatic carbocycles. The molecular formula is C15H21NO2. The molecule has 18 heavy (non-hydrogen) atoms. The number of ether oxygens (including phenoxy) is 1. The highest BCUT2D eigenvalue weighted by Gasteiger charge is 2.20. The Labute approximate surface area is 109 Å². The van der Waals surface area contributed by atoms with Gasteiger partial charge in [-0.3, -0.25) is 4.79 Å². The molecule has 0 N–H and O–H groups in total. The van der Waals surface area contributed by atoms with Gasteiger partial charge < -0.3 is 9.64 Å². The summed E-state index contributed by atoms with van der Waals surface area (Å²) in [6.45, 7) is 6.77. The fourth-order valence-electron chi connectivity index (χ4n) is 2.56. The Morgan fingerprint density at radius 3 is 2.72 bits per heavy atom. The first-order chi connectivity index (χ1) is 8.74. The average molecular weight is 247 g/mol. The van der Waals surface area contributed by atoms with Gasteiger partial charge in [-0.15, -0.1) is 0 Å². The van der Waals surface area contributed by atoms with Crippen LogP contribution in [0.2, 0.25) is 0 Å². The monoisotopic (exact) mass is 247 g/mol. The summed E-state index contributed by atoms with van der Waals surface area (Å²) in [5.41, 5.74) is 2.99. The van der Waals surface area contributed by atoms with Gasteiger partial charge in [-0.2, -0.15) is 0 Å². The molecule has 3 nitrogen and oxygen atoms in total. The van der Waals surface area contributed by atoms with Crippen molar-refractivity contribution in [2.24, 2.45) is 0 Å². The van der Waals surface area contributed by atoms with E-state index in [4.69, 9.17) is 4.74 Å². The molecule has 1 fully saturated rings. The third-order valence-electron chi connectivity index (χ3n) is 3.50. The average Bonchev–Trinajstić information content (AvgIpc) is 2.40. The van der Waals surface area contributed by atoms with Gasteiger partial charge >= 0.3 is 0 Å². The molecule has 1 aliphatic rings. The lowest BCUT2D eigenvalue weighted by Crippen LogP contribution is -2.37. The van der Waals surface area contributed by atoms with E-state index in [0.717, 1.165) is 55.6 Å². The van der Waals surface area contributed by atoms with Crippen molar-refractivity contribution in [1.82, 2.24) is 0 Å². The standard InChI is InChI=1S/C15H21NO2/c1-3-18-14-6-8-16(9-7-14)15-5-4-12(2)10-13(15)11-17/h4-5,10-11,14H,3,6-9H2,1-2H3. The minimum atomic E-state index is 0.386. The lowest BCUT2D eigenvalue weighted by Gasteiger charge is -2.34. The van der Waals surface area contributed by atoms with Gasteiger partial charge in [-0.1, -0.05) is 11.6 Å². The number of hydrogen-bond donors (Lipinski definition) is 0.